The van der Waals surface area contributed by atoms with Crippen molar-refractivity contribution in [2.24, 2.45) is 23.7 Å². The maximum absolute atomic E-state index is 12.6. The molecule has 3 amide bonds. The first-order chi connectivity index (χ1) is 13.3. The molecule has 148 valence electrons. The average molecular weight is 405 g/mol. The fourth-order valence-electron chi connectivity index (χ4n) is 4.81. The van der Waals surface area contributed by atoms with Gasteiger partial charge in [0.2, 0.25) is 11.8 Å². The van der Waals surface area contributed by atoms with E-state index in [-0.39, 0.29) is 35.5 Å². The van der Waals surface area contributed by atoms with Crippen LogP contribution in [-0.4, -0.2) is 41.7 Å². The zero-order valence-corrected chi connectivity index (χ0v) is 16.2. The lowest BCUT2D eigenvalue weighted by Crippen LogP contribution is -2.38. The summed E-state index contributed by atoms with van der Waals surface area (Å²) in [4.78, 5) is 50.2. The van der Waals surface area contributed by atoms with Crippen LogP contribution < -0.4 is 5.32 Å². The smallest absolute Gasteiger partial charge is 0.326 e. The van der Waals surface area contributed by atoms with E-state index in [1.807, 2.05) is 6.92 Å². The van der Waals surface area contributed by atoms with E-state index in [1.54, 1.807) is 18.2 Å². The van der Waals surface area contributed by atoms with Gasteiger partial charge in [-0.2, -0.15) is 0 Å². The normalized spacial score (nSPS) is 27.9. The Hall–Kier alpha value is -2.41. The average Bonchev–Trinajstić information content (AvgIpc) is 3.33. The van der Waals surface area contributed by atoms with Gasteiger partial charge in [0.05, 0.1) is 11.8 Å². The molecule has 1 heterocycles. The summed E-state index contributed by atoms with van der Waals surface area (Å²) >= 11 is 6.01. The molecule has 2 bridgehead atoms. The standard InChI is InChI=1S/C20H21ClN2O5/c1-10-2-5-13(7-14(10)21)22-15(24)9-28-16(25)8-23-19(26)17-11-3-4-12(6-11)18(17)20(23)27/h2,5,7,11-12,17-18H,3-4,6,8-9H2,1H3,(H,22,24)/t11-,12-,17-,18-/m0/s1. The Balaban J connectivity index is 1.29. The van der Waals surface area contributed by atoms with Gasteiger partial charge in [-0.25, -0.2) is 0 Å². The van der Waals surface area contributed by atoms with E-state index >= 15 is 0 Å². The summed E-state index contributed by atoms with van der Waals surface area (Å²) in [5.74, 6) is -1.84. The molecule has 4 atom stereocenters. The Morgan fingerprint density at radius 2 is 1.82 bits per heavy atom. The SMILES string of the molecule is Cc1ccc(NC(=O)COC(=O)CN2C(=O)[C@H]3[C@H]4CC[C@@H](C4)[C@@H]3C2=O)cc1Cl. The van der Waals surface area contributed by atoms with Crippen LogP contribution in [0.5, 0.6) is 0 Å². The maximum atomic E-state index is 12.6. The first kappa shape index (κ1) is 18.9. The minimum absolute atomic E-state index is 0.264. The highest BCUT2D eigenvalue weighted by Crippen LogP contribution is 2.56. The highest BCUT2D eigenvalue weighted by molar-refractivity contribution is 6.31. The number of anilines is 1. The molecule has 0 spiro atoms. The van der Waals surface area contributed by atoms with Gasteiger partial charge in [0, 0.05) is 10.7 Å². The second kappa shape index (κ2) is 7.20. The number of halogens is 1. The van der Waals surface area contributed by atoms with Gasteiger partial charge in [0.1, 0.15) is 6.54 Å². The summed E-state index contributed by atoms with van der Waals surface area (Å²) in [6.07, 6.45) is 2.90. The highest BCUT2D eigenvalue weighted by atomic mass is 35.5. The van der Waals surface area contributed by atoms with E-state index in [4.69, 9.17) is 16.3 Å². The third kappa shape index (κ3) is 3.28. The minimum Gasteiger partial charge on any atom is -0.454 e. The van der Waals surface area contributed by atoms with Gasteiger partial charge in [0.25, 0.3) is 5.91 Å². The fourth-order valence-corrected chi connectivity index (χ4v) is 5.00. The number of imide groups is 1. The number of hydrogen-bond donors (Lipinski definition) is 1. The molecular weight excluding hydrogens is 384 g/mol. The van der Waals surface area contributed by atoms with Crippen LogP contribution in [0.15, 0.2) is 18.2 Å². The Kier molecular flexibility index (Phi) is 4.87. The van der Waals surface area contributed by atoms with Crippen LogP contribution in [0.25, 0.3) is 0 Å². The number of benzene rings is 1. The molecule has 3 aliphatic rings. The van der Waals surface area contributed by atoms with E-state index < -0.39 is 25.0 Å². The van der Waals surface area contributed by atoms with E-state index in [0.717, 1.165) is 29.7 Å². The van der Waals surface area contributed by atoms with Crippen molar-refractivity contribution in [2.45, 2.75) is 26.2 Å². The minimum atomic E-state index is -0.772. The molecule has 2 aliphatic carbocycles. The van der Waals surface area contributed by atoms with Gasteiger partial charge in [-0.15, -0.1) is 0 Å². The first-order valence-corrected chi connectivity index (χ1v) is 9.80. The third-order valence-corrected chi connectivity index (χ3v) is 6.53. The molecule has 1 aliphatic heterocycles. The van der Waals surface area contributed by atoms with E-state index in [1.165, 1.54) is 0 Å². The number of ether oxygens (including phenoxy) is 1. The van der Waals surface area contributed by atoms with Crippen LogP contribution in [0.4, 0.5) is 5.69 Å². The number of carbonyl (C=O) groups excluding carboxylic acids is 4. The van der Waals surface area contributed by atoms with Gasteiger partial charge in [-0.05, 0) is 55.7 Å². The van der Waals surface area contributed by atoms with E-state index in [9.17, 15) is 19.2 Å². The topological polar surface area (TPSA) is 92.8 Å². The van der Waals surface area contributed by atoms with Crippen LogP contribution in [0, 0.1) is 30.6 Å². The number of carbonyl (C=O) groups is 4. The monoisotopic (exact) mass is 404 g/mol. The number of fused-ring (bicyclic) bond motifs is 5. The summed E-state index contributed by atoms with van der Waals surface area (Å²) in [7, 11) is 0. The molecule has 8 heteroatoms. The highest BCUT2D eigenvalue weighted by Gasteiger charge is 2.61. The van der Waals surface area contributed by atoms with E-state index in [0.29, 0.717) is 10.7 Å². The van der Waals surface area contributed by atoms with Crippen LogP contribution in [0.1, 0.15) is 24.8 Å². The molecule has 1 saturated heterocycles. The van der Waals surface area contributed by atoms with Gasteiger partial charge in [-0.3, -0.25) is 24.1 Å². The zero-order valence-electron chi connectivity index (χ0n) is 15.4. The van der Waals surface area contributed by atoms with Crippen molar-refractivity contribution in [2.75, 3.05) is 18.5 Å². The van der Waals surface area contributed by atoms with Crippen molar-refractivity contribution in [1.82, 2.24) is 4.90 Å². The van der Waals surface area contributed by atoms with E-state index in [2.05, 4.69) is 5.32 Å². The number of amides is 3. The molecule has 3 fully saturated rings. The van der Waals surface area contributed by atoms with Crippen molar-refractivity contribution >= 4 is 41.0 Å². The van der Waals surface area contributed by atoms with Crippen LogP contribution in [0.2, 0.25) is 5.02 Å². The molecule has 0 radical (unpaired) electrons. The summed E-state index contributed by atoms with van der Waals surface area (Å²) < 4.78 is 4.95. The predicted octanol–water partition coefficient (Wildman–Crippen LogP) is 2.16. The summed E-state index contributed by atoms with van der Waals surface area (Å²) in [6, 6.07) is 5.05. The quantitative estimate of drug-likeness (QED) is 0.599. The summed E-state index contributed by atoms with van der Waals surface area (Å²) in [6.45, 7) is 0.905. The number of esters is 1. The summed E-state index contributed by atoms with van der Waals surface area (Å²) in [5.41, 5.74) is 1.37. The molecule has 28 heavy (non-hydrogen) atoms. The Bertz CT molecular complexity index is 842. The van der Waals surface area contributed by atoms with Crippen LogP contribution in [0.3, 0.4) is 0 Å². The first-order valence-electron chi connectivity index (χ1n) is 9.42. The molecule has 0 unspecified atom stereocenters. The molecule has 2 saturated carbocycles. The van der Waals surface area contributed by atoms with Gasteiger partial charge in [-0.1, -0.05) is 17.7 Å². The second-order valence-corrected chi connectivity index (χ2v) is 8.23. The van der Waals surface area contributed by atoms with Crippen LogP contribution in [-0.2, 0) is 23.9 Å². The molecule has 4 rings (SSSR count). The van der Waals surface area contributed by atoms with Crippen molar-refractivity contribution in [3.8, 4) is 0 Å². The number of nitrogens with one attached hydrogen (secondary N) is 1. The zero-order chi connectivity index (χ0) is 20.0. The van der Waals surface area contributed by atoms with Crippen molar-refractivity contribution < 1.29 is 23.9 Å². The Morgan fingerprint density at radius 1 is 1.18 bits per heavy atom. The van der Waals surface area contributed by atoms with Crippen molar-refractivity contribution in [3.63, 3.8) is 0 Å². The lowest BCUT2D eigenvalue weighted by Gasteiger charge is -2.19. The lowest BCUT2D eigenvalue weighted by atomic mass is 9.81. The van der Waals surface area contributed by atoms with Crippen molar-refractivity contribution in [1.29, 1.82) is 0 Å². The molecule has 7 nitrogen and oxygen atoms in total. The predicted molar refractivity (Wildman–Crippen MR) is 100 cm³/mol. The van der Waals surface area contributed by atoms with Gasteiger partial charge >= 0.3 is 5.97 Å². The maximum Gasteiger partial charge on any atom is 0.326 e. The number of nitrogens with zero attached hydrogens (tertiary/aromatic N) is 1. The Morgan fingerprint density at radius 3 is 2.43 bits per heavy atom. The second-order valence-electron chi connectivity index (χ2n) is 7.82. The molecule has 1 N–H and O–H groups in total. The Labute approximate surface area is 167 Å². The number of rotatable bonds is 5. The lowest BCUT2D eigenvalue weighted by molar-refractivity contribution is -0.154. The van der Waals surface area contributed by atoms with Crippen molar-refractivity contribution in [3.05, 3.63) is 28.8 Å². The third-order valence-electron chi connectivity index (χ3n) is 6.13. The molecule has 1 aromatic carbocycles. The fraction of sp³-hybridized carbons (Fsp3) is 0.500. The van der Waals surface area contributed by atoms with Gasteiger partial charge < -0.3 is 10.1 Å². The summed E-state index contributed by atoms with van der Waals surface area (Å²) in [5, 5.41) is 3.09. The van der Waals surface area contributed by atoms with Crippen LogP contribution >= 0.6 is 11.6 Å². The number of likely N-dealkylation sites (tertiary alicyclic amines) is 1. The molecular formula is C20H21ClN2O5. The molecule has 0 aromatic heterocycles. The molecule has 1 aromatic rings. The largest absolute Gasteiger partial charge is 0.454 e. The number of aryl methyl sites for hydroxylation is 1. The van der Waals surface area contributed by atoms with Gasteiger partial charge in [0.15, 0.2) is 6.61 Å². The number of hydrogen-bond acceptors (Lipinski definition) is 5.